The molecule has 0 N–H and O–H groups in total. The SMILES string of the molecule is CC1(C)c2ccccc2-c2ccc(N(c3ccc4oc5c(-c6ccc7ccccc7c6)c6c(cc5c4c3)oc3ccccc36)c3cccc4c3sc3ccccc34)cc21. The summed E-state index contributed by atoms with van der Waals surface area (Å²) in [6, 6.07) is 63.9. The summed E-state index contributed by atoms with van der Waals surface area (Å²) in [5.74, 6) is 0. The molecule has 278 valence electrons. The second kappa shape index (κ2) is 12.0. The third-order valence-electron chi connectivity index (χ3n) is 12.8. The molecule has 0 fully saturated rings. The van der Waals surface area contributed by atoms with Crippen LogP contribution in [0.1, 0.15) is 25.0 Å². The molecule has 1 aliphatic rings. The molecule has 13 rings (SSSR count). The van der Waals surface area contributed by atoms with E-state index < -0.39 is 0 Å². The maximum Gasteiger partial charge on any atom is 0.144 e. The molecule has 0 radical (unpaired) electrons. The van der Waals surface area contributed by atoms with Gasteiger partial charge in [-0.1, -0.05) is 129 Å². The zero-order chi connectivity index (χ0) is 39.0. The minimum atomic E-state index is -0.140. The van der Waals surface area contributed by atoms with Gasteiger partial charge in [0.05, 0.1) is 10.4 Å². The molecule has 1 aliphatic carbocycles. The van der Waals surface area contributed by atoms with Gasteiger partial charge in [-0.3, -0.25) is 0 Å². The third kappa shape index (κ3) is 4.63. The van der Waals surface area contributed by atoms with E-state index >= 15 is 0 Å². The fourth-order valence-corrected chi connectivity index (χ4v) is 11.2. The first kappa shape index (κ1) is 32.9. The lowest BCUT2D eigenvalue weighted by Crippen LogP contribution is -2.16. The zero-order valence-corrected chi connectivity index (χ0v) is 33.2. The van der Waals surface area contributed by atoms with Gasteiger partial charge in [0, 0.05) is 59.4 Å². The van der Waals surface area contributed by atoms with Crippen LogP contribution in [-0.4, -0.2) is 0 Å². The first-order valence-corrected chi connectivity index (χ1v) is 21.1. The largest absolute Gasteiger partial charge is 0.456 e. The van der Waals surface area contributed by atoms with Gasteiger partial charge in [0.25, 0.3) is 0 Å². The van der Waals surface area contributed by atoms with Crippen LogP contribution in [0.15, 0.2) is 185 Å². The molecule has 0 spiro atoms. The van der Waals surface area contributed by atoms with Crippen LogP contribution < -0.4 is 4.90 Å². The van der Waals surface area contributed by atoms with Crippen LogP contribution in [-0.2, 0) is 5.41 Å². The van der Waals surface area contributed by atoms with Gasteiger partial charge >= 0.3 is 0 Å². The van der Waals surface area contributed by atoms with Crippen molar-refractivity contribution in [3.05, 3.63) is 187 Å². The summed E-state index contributed by atoms with van der Waals surface area (Å²) in [6.45, 7) is 4.71. The number of para-hydroxylation sites is 1. The molecule has 0 atom stereocenters. The van der Waals surface area contributed by atoms with Crippen molar-refractivity contribution in [1.29, 1.82) is 0 Å². The Bertz CT molecular complexity index is 3730. The Morgan fingerprint density at radius 2 is 1.20 bits per heavy atom. The summed E-state index contributed by atoms with van der Waals surface area (Å²) in [5.41, 5.74) is 14.1. The number of fused-ring (bicyclic) bond motifs is 13. The van der Waals surface area contributed by atoms with Crippen LogP contribution in [0.25, 0.3) is 97.1 Å². The van der Waals surface area contributed by atoms with Crippen molar-refractivity contribution in [2.45, 2.75) is 19.3 Å². The predicted octanol–water partition coefficient (Wildman–Crippen LogP) is 16.4. The molecule has 3 aromatic heterocycles. The van der Waals surface area contributed by atoms with Crippen molar-refractivity contribution >= 4 is 103 Å². The van der Waals surface area contributed by atoms with Crippen LogP contribution in [0.4, 0.5) is 17.1 Å². The molecule has 3 heterocycles. The number of benzene rings is 9. The number of hydrogen-bond donors (Lipinski definition) is 0. The first-order chi connectivity index (χ1) is 29.0. The lowest BCUT2D eigenvalue weighted by molar-refractivity contribution is 0.660. The Morgan fingerprint density at radius 3 is 2.14 bits per heavy atom. The number of thiophene rings is 1. The standard InChI is InChI=1S/C55H35NO2S/c1-55(2)44-18-8-5-14-37(44)38-26-24-36(30-45(38)55)56(46-19-11-17-40-39-15-7-10-21-50(39)59-54(40)46)35-25-27-48-42(29-35)43-31-49-52(41-16-6-9-20-47(41)57-49)51(53(43)58-48)34-23-22-32-12-3-4-13-33(32)28-34/h3-31H,1-2H3. The van der Waals surface area contributed by atoms with E-state index in [4.69, 9.17) is 8.83 Å². The number of nitrogens with zero attached hydrogens (tertiary/aromatic N) is 1. The Morgan fingerprint density at radius 1 is 0.475 bits per heavy atom. The maximum absolute atomic E-state index is 7.00. The second-order valence-electron chi connectivity index (χ2n) is 16.4. The highest BCUT2D eigenvalue weighted by Gasteiger charge is 2.36. The summed E-state index contributed by atoms with van der Waals surface area (Å²) in [5, 5.41) is 9.18. The van der Waals surface area contributed by atoms with Crippen LogP contribution >= 0.6 is 11.3 Å². The van der Waals surface area contributed by atoms with Crippen molar-refractivity contribution < 1.29 is 8.83 Å². The number of furan rings is 2. The highest BCUT2D eigenvalue weighted by Crippen LogP contribution is 2.53. The maximum atomic E-state index is 7.00. The minimum absolute atomic E-state index is 0.140. The topological polar surface area (TPSA) is 29.5 Å². The van der Waals surface area contributed by atoms with Crippen LogP contribution in [0.3, 0.4) is 0 Å². The van der Waals surface area contributed by atoms with Crippen molar-refractivity contribution in [2.24, 2.45) is 0 Å². The fraction of sp³-hybridized carbons (Fsp3) is 0.0545. The molecule has 0 aliphatic heterocycles. The van der Waals surface area contributed by atoms with Crippen molar-refractivity contribution in [2.75, 3.05) is 4.90 Å². The van der Waals surface area contributed by atoms with E-state index in [1.54, 1.807) is 0 Å². The minimum Gasteiger partial charge on any atom is -0.456 e. The predicted molar refractivity (Wildman–Crippen MR) is 249 cm³/mol. The Labute approximate surface area is 344 Å². The average Bonchev–Trinajstić information content (AvgIpc) is 4.01. The van der Waals surface area contributed by atoms with Crippen molar-refractivity contribution in [3.63, 3.8) is 0 Å². The van der Waals surface area contributed by atoms with E-state index in [0.29, 0.717) is 0 Å². The monoisotopic (exact) mass is 773 g/mol. The average molecular weight is 774 g/mol. The van der Waals surface area contributed by atoms with E-state index in [9.17, 15) is 0 Å². The van der Waals surface area contributed by atoms with Gasteiger partial charge in [-0.05, 0) is 99.3 Å². The van der Waals surface area contributed by atoms with Gasteiger partial charge in [0.15, 0.2) is 0 Å². The van der Waals surface area contributed by atoms with E-state index in [1.807, 2.05) is 17.4 Å². The Kier molecular flexibility index (Phi) is 6.66. The fourth-order valence-electron chi connectivity index (χ4n) is 10.0. The molecule has 0 saturated carbocycles. The summed E-state index contributed by atoms with van der Waals surface area (Å²) in [6.07, 6.45) is 0. The van der Waals surface area contributed by atoms with Gasteiger partial charge in [-0.2, -0.15) is 0 Å². The van der Waals surface area contributed by atoms with Gasteiger partial charge in [-0.25, -0.2) is 0 Å². The summed E-state index contributed by atoms with van der Waals surface area (Å²) >= 11 is 1.86. The van der Waals surface area contributed by atoms with Crippen LogP contribution in [0, 0.1) is 0 Å². The molecule has 12 aromatic rings. The normalized spacial score (nSPS) is 13.4. The summed E-state index contributed by atoms with van der Waals surface area (Å²) in [7, 11) is 0. The van der Waals surface area contributed by atoms with Gasteiger partial charge in [0.1, 0.15) is 22.3 Å². The Balaban J connectivity index is 1.09. The van der Waals surface area contributed by atoms with Gasteiger partial charge < -0.3 is 13.7 Å². The van der Waals surface area contributed by atoms with Crippen molar-refractivity contribution in [1.82, 2.24) is 0 Å². The highest BCUT2D eigenvalue weighted by atomic mass is 32.1. The quantitative estimate of drug-likeness (QED) is 0.178. The van der Waals surface area contributed by atoms with Crippen LogP contribution in [0.5, 0.6) is 0 Å². The van der Waals surface area contributed by atoms with Gasteiger partial charge in [0.2, 0.25) is 0 Å². The first-order valence-electron chi connectivity index (χ1n) is 20.2. The zero-order valence-electron chi connectivity index (χ0n) is 32.4. The molecular formula is C55H35NO2S. The lowest BCUT2D eigenvalue weighted by Gasteiger charge is -2.28. The second-order valence-corrected chi connectivity index (χ2v) is 17.5. The summed E-state index contributed by atoms with van der Waals surface area (Å²) < 4.78 is 16.2. The Hall–Kier alpha value is -7.14. The molecule has 0 saturated heterocycles. The van der Waals surface area contributed by atoms with E-state index in [1.165, 1.54) is 53.2 Å². The summed E-state index contributed by atoms with van der Waals surface area (Å²) in [4.78, 5) is 2.46. The van der Waals surface area contributed by atoms with E-state index in [2.05, 4.69) is 189 Å². The highest BCUT2D eigenvalue weighted by molar-refractivity contribution is 7.26. The van der Waals surface area contributed by atoms with Gasteiger partial charge in [-0.15, -0.1) is 11.3 Å². The number of rotatable bonds is 4. The lowest BCUT2D eigenvalue weighted by atomic mass is 9.82. The van der Waals surface area contributed by atoms with E-state index in [-0.39, 0.29) is 5.41 Å². The number of hydrogen-bond acceptors (Lipinski definition) is 4. The molecule has 59 heavy (non-hydrogen) atoms. The molecular weight excluding hydrogens is 739 g/mol. The molecule has 4 heteroatoms. The molecule has 0 amide bonds. The molecule has 0 unspecified atom stereocenters. The molecule has 0 bridgehead atoms. The smallest absolute Gasteiger partial charge is 0.144 e. The third-order valence-corrected chi connectivity index (χ3v) is 14.0. The number of anilines is 3. The van der Waals surface area contributed by atoms with E-state index in [0.717, 1.165) is 72.1 Å². The molecule has 9 aromatic carbocycles. The molecule has 3 nitrogen and oxygen atoms in total. The van der Waals surface area contributed by atoms with Crippen molar-refractivity contribution in [3.8, 4) is 22.3 Å². The van der Waals surface area contributed by atoms with Crippen LogP contribution in [0.2, 0.25) is 0 Å².